The van der Waals surface area contributed by atoms with Gasteiger partial charge < -0.3 is 15.1 Å². The van der Waals surface area contributed by atoms with Crippen LogP contribution in [-0.2, 0) is 13.0 Å². The summed E-state index contributed by atoms with van der Waals surface area (Å²) in [7, 11) is 1.95. The van der Waals surface area contributed by atoms with Gasteiger partial charge in [0.25, 0.3) is 0 Å². The Morgan fingerprint density at radius 2 is 2.25 bits per heavy atom. The first kappa shape index (κ1) is 11.7. The van der Waals surface area contributed by atoms with Crippen LogP contribution < -0.4 is 10.6 Å². The molecule has 0 aromatic carbocycles. The molecule has 0 radical (unpaired) electrons. The van der Waals surface area contributed by atoms with E-state index < -0.39 is 0 Å². The topological polar surface area (TPSA) is 37.2 Å². The molecule has 90 valence electrons. The van der Waals surface area contributed by atoms with E-state index in [-0.39, 0.29) is 0 Å². The number of nitrogens with one attached hydrogen (secondary N) is 2. The van der Waals surface area contributed by atoms with Crippen LogP contribution >= 0.6 is 0 Å². The van der Waals surface area contributed by atoms with Gasteiger partial charge in [0.15, 0.2) is 0 Å². The van der Waals surface area contributed by atoms with Crippen molar-refractivity contribution in [1.29, 1.82) is 0 Å². The highest BCUT2D eigenvalue weighted by Gasteiger charge is 2.19. The molecule has 1 saturated carbocycles. The third-order valence-corrected chi connectivity index (χ3v) is 2.95. The SMILES string of the molecule is CNCc1coc(CCCCNC2CC2)c1. The maximum absolute atomic E-state index is 5.50. The van der Waals surface area contributed by atoms with Crippen molar-refractivity contribution in [3.8, 4) is 0 Å². The molecule has 0 aliphatic heterocycles. The minimum absolute atomic E-state index is 0.839. The van der Waals surface area contributed by atoms with Gasteiger partial charge in [-0.3, -0.25) is 0 Å². The monoisotopic (exact) mass is 222 g/mol. The summed E-state index contributed by atoms with van der Waals surface area (Å²) in [6.07, 6.45) is 8.15. The Labute approximate surface area is 97.6 Å². The van der Waals surface area contributed by atoms with Crippen molar-refractivity contribution in [2.75, 3.05) is 13.6 Å². The lowest BCUT2D eigenvalue weighted by molar-refractivity contribution is 0.492. The summed E-state index contributed by atoms with van der Waals surface area (Å²) in [4.78, 5) is 0. The largest absolute Gasteiger partial charge is 0.469 e. The molecule has 1 aromatic rings. The Bertz CT molecular complexity index is 305. The van der Waals surface area contributed by atoms with Crippen molar-refractivity contribution >= 4 is 0 Å². The van der Waals surface area contributed by atoms with Crippen LogP contribution in [0, 0.1) is 0 Å². The fourth-order valence-corrected chi connectivity index (χ4v) is 1.87. The quantitative estimate of drug-likeness (QED) is 0.661. The summed E-state index contributed by atoms with van der Waals surface area (Å²) in [6.45, 7) is 2.06. The molecule has 1 aromatic heterocycles. The second-order valence-electron chi connectivity index (χ2n) is 4.64. The van der Waals surface area contributed by atoms with E-state index in [0.717, 1.165) is 31.3 Å². The number of furan rings is 1. The van der Waals surface area contributed by atoms with Gasteiger partial charge in [0, 0.05) is 24.6 Å². The molecule has 0 saturated heterocycles. The molecule has 16 heavy (non-hydrogen) atoms. The van der Waals surface area contributed by atoms with E-state index >= 15 is 0 Å². The van der Waals surface area contributed by atoms with Gasteiger partial charge in [0.05, 0.1) is 6.26 Å². The smallest absolute Gasteiger partial charge is 0.104 e. The molecule has 3 nitrogen and oxygen atoms in total. The third kappa shape index (κ3) is 3.99. The maximum atomic E-state index is 5.50. The van der Waals surface area contributed by atoms with Crippen LogP contribution in [0.1, 0.15) is 37.0 Å². The van der Waals surface area contributed by atoms with Crippen molar-refractivity contribution in [2.24, 2.45) is 0 Å². The van der Waals surface area contributed by atoms with Crippen LogP contribution in [0.3, 0.4) is 0 Å². The Balaban J connectivity index is 1.56. The van der Waals surface area contributed by atoms with Crippen LogP contribution in [0.2, 0.25) is 0 Å². The third-order valence-electron chi connectivity index (χ3n) is 2.95. The normalized spacial score (nSPS) is 15.6. The van der Waals surface area contributed by atoms with Crippen LogP contribution in [-0.4, -0.2) is 19.6 Å². The van der Waals surface area contributed by atoms with Gasteiger partial charge in [0.2, 0.25) is 0 Å². The average molecular weight is 222 g/mol. The van der Waals surface area contributed by atoms with Crippen molar-refractivity contribution in [2.45, 2.75) is 44.7 Å². The van der Waals surface area contributed by atoms with E-state index in [1.807, 2.05) is 13.3 Å². The molecule has 0 bridgehead atoms. The van der Waals surface area contributed by atoms with Gasteiger partial charge in [-0.05, 0) is 45.3 Å². The zero-order valence-corrected chi connectivity index (χ0v) is 10.1. The summed E-state index contributed by atoms with van der Waals surface area (Å²) in [5.74, 6) is 1.12. The molecule has 2 rings (SSSR count). The first-order valence-electron chi connectivity index (χ1n) is 6.33. The Kier molecular flexibility index (Phi) is 4.43. The first-order chi connectivity index (χ1) is 7.88. The molecule has 2 N–H and O–H groups in total. The number of unbranched alkanes of at least 4 members (excludes halogenated alkanes) is 1. The van der Waals surface area contributed by atoms with Crippen molar-refractivity contribution in [3.05, 3.63) is 23.7 Å². The highest BCUT2D eigenvalue weighted by molar-refractivity contribution is 5.12. The molecular weight excluding hydrogens is 200 g/mol. The summed E-state index contributed by atoms with van der Waals surface area (Å²) >= 11 is 0. The summed E-state index contributed by atoms with van der Waals surface area (Å²) in [5.41, 5.74) is 1.24. The van der Waals surface area contributed by atoms with E-state index in [1.165, 1.54) is 31.2 Å². The van der Waals surface area contributed by atoms with Crippen LogP contribution in [0.25, 0.3) is 0 Å². The molecule has 0 spiro atoms. The molecule has 1 fully saturated rings. The number of hydrogen-bond acceptors (Lipinski definition) is 3. The molecular formula is C13H22N2O. The second kappa shape index (κ2) is 6.06. The van der Waals surface area contributed by atoms with Gasteiger partial charge in [-0.15, -0.1) is 0 Å². The lowest BCUT2D eigenvalue weighted by Gasteiger charge is -2.00. The summed E-state index contributed by atoms with van der Waals surface area (Å²) in [5, 5.41) is 6.65. The van der Waals surface area contributed by atoms with Gasteiger partial charge in [0.1, 0.15) is 5.76 Å². The highest BCUT2D eigenvalue weighted by atomic mass is 16.3. The van der Waals surface area contributed by atoms with Crippen LogP contribution in [0.15, 0.2) is 16.7 Å². The number of hydrogen-bond donors (Lipinski definition) is 2. The van der Waals surface area contributed by atoms with E-state index in [0.29, 0.717) is 0 Å². The number of aryl methyl sites for hydroxylation is 1. The highest BCUT2D eigenvalue weighted by Crippen LogP contribution is 2.18. The van der Waals surface area contributed by atoms with E-state index in [1.54, 1.807) is 0 Å². The molecule has 0 atom stereocenters. The van der Waals surface area contributed by atoms with E-state index in [2.05, 4.69) is 16.7 Å². The van der Waals surface area contributed by atoms with Crippen molar-refractivity contribution < 1.29 is 4.42 Å². The summed E-state index contributed by atoms with van der Waals surface area (Å²) < 4.78 is 5.50. The first-order valence-corrected chi connectivity index (χ1v) is 6.33. The molecule has 1 aliphatic carbocycles. The maximum Gasteiger partial charge on any atom is 0.104 e. The molecule has 3 heteroatoms. The van der Waals surface area contributed by atoms with Gasteiger partial charge in [-0.1, -0.05) is 0 Å². The minimum atomic E-state index is 0.839. The molecule has 1 aliphatic rings. The average Bonchev–Trinajstić information content (AvgIpc) is 2.99. The van der Waals surface area contributed by atoms with E-state index in [4.69, 9.17) is 4.42 Å². The Hall–Kier alpha value is -0.800. The molecule has 0 amide bonds. The van der Waals surface area contributed by atoms with Gasteiger partial charge in [-0.25, -0.2) is 0 Å². The van der Waals surface area contributed by atoms with Gasteiger partial charge in [-0.2, -0.15) is 0 Å². The van der Waals surface area contributed by atoms with Crippen LogP contribution in [0.4, 0.5) is 0 Å². The second-order valence-corrected chi connectivity index (χ2v) is 4.64. The lowest BCUT2D eigenvalue weighted by atomic mass is 10.2. The van der Waals surface area contributed by atoms with E-state index in [9.17, 15) is 0 Å². The van der Waals surface area contributed by atoms with Gasteiger partial charge >= 0.3 is 0 Å². The van der Waals surface area contributed by atoms with Crippen molar-refractivity contribution in [1.82, 2.24) is 10.6 Å². The molecule has 0 unspecified atom stereocenters. The standard InChI is InChI=1S/C13H22N2O/c1-14-9-11-8-13(16-10-11)4-2-3-7-15-12-5-6-12/h8,10,12,14-15H,2-7,9H2,1H3. The fourth-order valence-electron chi connectivity index (χ4n) is 1.87. The predicted octanol–water partition coefficient (Wildman–Crippen LogP) is 2.07. The zero-order chi connectivity index (χ0) is 11.2. The molecule has 1 heterocycles. The summed E-state index contributed by atoms with van der Waals surface area (Å²) in [6, 6.07) is 3.00. The lowest BCUT2D eigenvalue weighted by Crippen LogP contribution is -2.17. The Morgan fingerprint density at radius 3 is 3.00 bits per heavy atom. The number of rotatable bonds is 8. The van der Waals surface area contributed by atoms with Crippen molar-refractivity contribution in [3.63, 3.8) is 0 Å². The Morgan fingerprint density at radius 1 is 1.38 bits per heavy atom. The van der Waals surface area contributed by atoms with Crippen LogP contribution in [0.5, 0.6) is 0 Å². The fraction of sp³-hybridized carbons (Fsp3) is 0.692. The predicted molar refractivity (Wildman–Crippen MR) is 65.4 cm³/mol. The minimum Gasteiger partial charge on any atom is -0.469 e. The zero-order valence-electron chi connectivity index (χ0n) is 10.1.